The van der Waals surface area contributed by atoms with Crippen LogP contribution in [0, 0.1) is 0 Å². The number of hydrogen-bond donors (Lipinski definition) is 2. The van der Waals surface area contributed by atoms with E-state index in [1.165, 1.54) is 0 Å². The summed E-state index contributed by atoms with van der Waals surface area (Å²) < 4.78 is 10.8. The Morgan fingerprint density at radius 2 is 2.00 bits per heavy atom. The van der Waals surface area contributed by atoms with E-state index in [4.69, 9.17) is 18.0 Å². The van der Waals surface area contributed by atoms with Crippen molar-refractivity contribution in [2.75, 3.05) is 18.6 Å². The number of nitrogens with two attached hydrogens (primary N) is 1. The van der Waals surface area contributed by atoms with Crippen molar-refractivity contribution in [2.24, 2.45) is 5.73 Å². The van der Waals surface area contributed by atoms with Gasteiger partial charge in [0, 0.05) is 34.9 Å². The first-order valence-electron chi connectivity index (χ1n) is 5.94. The first-order valence-corrected chi connectivity index (χ1v) is 8.08. The summed E-state index contributed by atoms with van der Waals surface area (Å²) in [6, 6.07) is 7.31. The third kappa shape index (κ3) is 6.45. The van der Waals surface area contributed by atoms with E-state index in [1.807, 2.05) is 24.3 Å². The molecule has 0 aliphatic heterocycles. The van der Waals surface area contributed by atoms with Crippen molar-refractivity contribution < 1.29 is 9.00 Å². The summed E-state index contributed by atoms with van der Waals surface area (Å²) in [5.74, 6) is 0.577. The van der Waals surface area contributed by atoms with E-state index in [-0.39, 0.29) is 5.91 Å². The second kappa shape index (κ2) is 8.01. The molecule has 19 heavy (non-hydrogen) atoms. The van der Waals surface area contributed by atoms with Crippen LogP contribution < -0.4 is 11.1 Å². The fourth-order valence-electron chi connectivity index (χ4n) is 1.54. The lowest BCUT2D eigenvalue weighted by molar-refractivity contribution is -0.120. The third-order valence-corrected chi connectivity index (χ3v) is 3.63. The summed E-state index contributed by atoms with van der Waals surface area (Å²) in [5.41, 5.74) is 7.21. The average Bonchev–Trinajstić information content (AvgIpc) is 2.35. The summed E-state index contributed by atoms with van der Waals surface area (Å²) >= 11 is 4.86. The van der Waals surface area contributed by atoms with Crippen LogP contribution in [-0.4, -0.2) is 33.7 Å². The molecule has 6 heteroatoms. The first kappa shape index (κ1) is 15.8. The molecule has 0 saturated heterocycles. The first-order chi connectivity index (χ1) is 8.99. The van der Waals surface area contributed by atoms with Crippen LogP contribution in [0.4, 0.5) is 0 Å². The van der Waals surface area contributed by atoms with Gasteiger partial charge in [0.1, 0.15) is 4.99 Å². The van der Waals surface area contributed by atoms with E-state index in [0.29, 0.717) is 23.7 Å². The Balaban J connectivity index is 2.35. The van der Waals surface area contributed by atoms with Crippen LogP contribution in [0.5, 0.6) is 0 Å². The Bertz CT molecular complexity index is 472. The number of amides is 1. The van der Waals surface area contributed by atoms with Crippen molar-refractivity contribution in [3.05, 3.63) is 35.4 Å². The van der Waals surface area contributed by atoms with Gasteiger partial charge in [-0.1, -0.05) is 36.5 Å². The monoisotopic (exact) mass is 298 g/mol. The molecule has 0 fully saturated rings. The van der Waals surface area contributed by atoms with Crippen LogP contribution in [0.15, 0.2) is 24.3 Å². The van der Waals surface area contributed by atoms with Gasteiger partial charge in [-0.2, -0.15) is 0 Å². The fraction of sp³-hybridized carbons (Fsp3) is 0.385. The van der Waals surface area contributed by atoms with Gasteiger partial charge in [-0.15, -0.1) is 0 Å². The van der Waals surface area contributed by atoms with Gasteiger partial charge < -0.3 is 11.1 Å². The van der Waals surface area contributed by atoms with Gasteiger partial charge in [-0.25, -0.2) is 0 Å². The molecular formula is C13H18N2O2S2. The number of thiocarbonyl (C=S) groups is 1. The van der Waals surface area contributed by atoms with E-state index < -0.39 is 10.8 Å². The zero-order valence-electron chi connectivity index (χ0n) is 10.8. The molecular weight excluding hydrogens is 280 g/mol. The molecule has 0 radical (unpaired) electrons. The van der Waals surface area contributed by atoms with Gasteiger partial charge in [-0.3, -0.25) is 9.00 Å². The zero-order chi connectivity index (χ0) is 14.3. The van der Waals surface area contributed by atoms with Crippen LogP contribution in [0.2, 0.25) is 0 Å². The largest absolute Gasteiger partial charge is 0.389 e. The molecule has 1 unspecified atom stereocenters. The summed E-state index contributed by atoms with van der Waals surface area (Å²) in [5, 5.41) is 2.80. The number of carbonyl (C=O) groups excluding carboxylic acids is 1. The molecule has 104 valence electrons. The molecule has 0 aliphatic rings. The fourth-order valence-corrected chi connectivity index (χ4v) is 2.22. The maximum atomic E-state index is 11.6. The van der Waals surface area contributed by atoms with Crippen molar-refractivity contribution in [1.29, 1.82) is 0 Å². The molecule has 1 atom stereocenters. The summed E-state index contributed by atoms with van der Waals surface area (Å²) in [6.07, 6.45) is 2.72. The topological polar surface area (TPSA) is 72.2 Å². The van der Waals surface area contributed by atoms with Crippen LogP contribution in [0.25, 0.3) is 0 Å². The lowest BCUT2D eigenvalue weighted by Crippen LogP contribution is -2.26. The van der Waals surface area contributed by atoms with E-state index in [0.717, 1.165) is 17.5 Å². The smallest absolute Gasteiger partial charge is 0.224 e. The number of hydrogen-bond acceptors (Lipinski definition) is 3. The van der Waals surface area contributed by atoms with Gasteiger partial charge in [0.05, 0.1) is 6.42 Å². The Morgan fingerprint density at radius 1 is 1.37 bits per heavy atom. The second-order valence-electron chi connectivity index (χ2n) is 4.22. The minimum absolute atomic E-state index is 0.0371. The standard InChI is InChI=1S/C13H18N2O2S2/c1-19(17)8-2-7-15-12(16)9-10-3-5-11(6-4-10)13(14)18/h3-6H,2,7-9H2,1H3,(H2,14,18)(H,15,16). The Kier molecular flexibility index (Phi) is 6.66. The highest BCUT2D eigenvalue weighted by molar-refractivity contribution is 7.84. The summed E-state index contributed by atoms with van der Waals surface area (Å²) in [4.78, 5) is 12.0. The zero-order valence-corrected chi connectivity index (χ0v) is 12.5. The minimum Gasteiger partial charge on any atom is -0.389 e. The van der Waals surface area contributed by atoms with Gasteiger partial charge >= 0.3 is 0 Å². The molecule has 1 rings (SSSR count). The number of carbonyl (C=O) groups is 1. The van der Waals surface area contributed by atoms with Crippen LogP contribution >= 0.6 is 12.2 Å². The van der Waals surface area contributed by atoms with Crippen LogP contribution in [-0.2, 0) is 22.0 Å². The molecule has 1 aromatic carbocycles. The Morgan fingerprint density at radius 3 is 2.53 bits per heavy atom. The maximum Gasteiger partial charge on any atom is 0.224 e. The summed E-state index contributed by atoms with van der Waals surface area (Å²) in [6.45, 7) is 0.559. The predicted octanol–water partition coefficient (Wildman–Crippen LogP) is 0.748. The molecule has 3 N–H and O–H groups in total. The quantitative estimate of drug-likeness (QED) is 0.575. The summed E-state index contributed by atoms with van der Waals surface area (Å²) in [7, 11) is -0.801. The second-order valence-corrected chi connectivity index (χ2v) is 6.21. The van der Waals surface area contributed by atoms with Crippen molar-refractivity contribution in [2.45, 2.75) is 12.8 Å². The average molecular weight is 298 g/mol. The SMILES string of the molecule is CS(=O)CCCNC(=O)Cc1ccc(C(N)=S)cc1. The van der Waals surface area contributed by atoms with Crippen LogP contribution in [0.1, 0.15) is 17.5 Å². The molecule has 0 aromatic heterocycles. The Hall–Kier alpha value is -1.27. The highest BCUT2D eigenvalue weighted by atomic mass is 32.2. The highest BCUT2D eigenvalue weighted by Crippen LogP contribution is 2.05. The van der Waals surface area contributed by atoms with Gasteiger partial charge in [-0.05, 0) is 12.0 Å². The Labute approximate surface area is 121 Å². The van der Waals surface area contributed by atoms with Crippen molar-refractivity contribution >= 4 is 33.9 Å². The van der Waals surface area contributed by atoms with Crippen molar-refractivity contribution in [3.63, 3.8) is 0 Å². The van der Waals surface area contributed by atoms with Crippen molar-refractivity contribution in [3.8, 4) is 0 Å². The van der Waals surface area contributed by atoms with Gasteiger partial charge in [0.15, 0.2) is 0 Å². The molecule has 0 aliphatic carbocycles. The maximum absolute atomic E-state index is 11.6. The molecule has 1 amide bonds. The molecule has 0 heterocycles. The van der Waals surface area contributed by atoms with Gasteiger partial charge in [0.25, 0.3) is 0 Å². The van der Waals surface area contributed by atoms with E-state index in [9.17, 15) is 9.00 Å². The highest BCUT2D eigenvalue weighted by Gasteiger charge is 2.03. The molecule has 0 saturated carbocycles. The van der Waals surface area contributed by atoms with E-state index in [2.05, 4.69) is 5.32 Å². The van der Waals surface area contributed by atoms with E-state index in [1.54, 1.807) is 6.26 Å². The number of nitrogens with one attached hydrogen (secondary N) is 1. The minimum atomic E-state index is -0.801. The molecule has 0 bridgehead atoms. The molecule has 4 nitrogen and oxygen atoms in total. The van der Waals surface area contributed by atoms with Crippen molar-refractivity contribution in [1.82, 2.24) is 5.32 Å². The third-order valence-electron chi connectivity index (χ3n) is 2.53. The molecule has 1 aromatic rings. The lowest BCUT2D eigenvalue weighted by atomic mass is 10.1. The van der Waals surface area contributed by atoms with Gasteiger partial charge in [0.2, 0.25) is 5.91 Å². The predicted molar refractivity (Wildman–Crippen MR) is 82.6 cm³/mol. The molecule has 0 spiro atoms. The normalized spacial score (nSPS) is 11.8. The van der Waals surface area contributed by atoms with E-state index >= 15 is 0 Å². The van der Waals surface area contributed by atoms with Crippen LogP contribution in [0.3, 0.4) is 0 Å². The lowest BCUT2D eigenvalue weighted by Gasteiger charge is -2.05. The number of rotatable bonds is 7. The number of benzene rings is 1.